The Labute approximate surface area is 176 Å². The summed E-state index contributed by atoms with van der Waals surface area (Å²) in [7, 11) is -1.83. The number of unbranched alkanes of at least 4 members (excludes halogenated alkanes) is 3. The third-order valence-corrected chi connectivity index (χ3v) is 12.6. The van der Waals surface area contributed by atoms with Crippen LogP contribution in [0.25, 0.3) is 0 Å². The Kier molecular flexibility index (Phi) is 6.50. The lowest BCUT2D eigenvalue weighted by molar-refractivity contribution is 0.465. The van der Waals surface area contributed by atoms with Crippen LogP contribution in [0.3, 0.4) is 0 Å². The molecule has 0 atom stereocenters. The molecule has 2 nitrogen and oxygen atoms in total. The van der Waals surface area contributed by atoms with Gasteiger partial charge >= 0.3 is 0 Å². The van der Waals surface area contributed by atoms with Crippen LogP contribution in [0.2, 0.25) is 18.1 Å². The second-order valence-corrected chi connectivity index (χ2v) is 15.4. The molecular weight excluding hydrogens is 378 g/mol. The number of hydrogen-bond donors (Lipinski definition) is 0. The van der Waals surface area contributed by atoms with Crippen LogP contribution in [0.15, 0.2) is 47.4 Å². The summed E-state index contributed by atoms with van der Waals surface area (Å²) in [6.45, 7) is 14.4. The van der Waals surface area contributed by atoms with Crippen LogP contribution in [-0.4, -0.2) is 14.0 Å². The molecule has 152 valence electrons. The van der Waals surface area contributed by atoms with Crippen molar-refractivity contribution in [1.82, 2.24) is 0 Å². The fourth-order valence-electron chi connectivity index (χ4n) is 3.51. The lowest BCUT2D eigenvalue weighted by atomic mass is 10.2. The monoisotopic (exact) mass is 413 g/mol. The first-order valence-corrected chi connectivity index (χ1v) is 14.5. The highest BCUT2D eigenvalue weighted by Crippen LogP contribution is 2.55. The predicted molar refractivity (Wildman–Crippen MR) is 127 cm³/mol. The number of nitrogens with zero attached hydrogens (tertiary/aromatic N) is 1. The first-order chi connectivity index (χ1) is 13.3. The van der Waals surface area contributed by atoms with Gasteiger partial charge in [0.15, 0.2) is 14.0 Å². The first-order valence-electron chi connectivity index (χ1n) is 10.6. The molecule has 2 aromatic rings. The molecule has 28 heavy (non-hydrogen) atoms. The predicted octanol–water partition coefficient (Wildman–Crippen LogP) is 8.61. The lowest BCUT2D eigenvalue weighted by Gasteiger charge is -2.49. The number of rotatable bonds is 7. The molecule has 0 saturated carbocycles. The fourth-order valence-corrected chi connectivity index (χ4v) is 6.77. The quantitative estimate of drug-likeness (QED) is 0.256. The largest absolute Gasteiger partial charge is 0.452 e. The molecule has 2 aromatic carbocycles. The minimum Gasteiger partial charge on any atom is -0.452 e. The zero-order chi connectivity index (χ0) is 20.4. The molecule has 0 bridgehead atoms. The van der Waals surface area contributed by atoms with Gasteiger partial charge in [-0.15, -0.1) is 11.8 Å². The molecule has 1 aliphatic rings. The van der Waals surface area contributed by atoms with E-state index in [1.54, 1.807) is 0 Å². The van der Waals surface area contributed by atoms with E-state index in [1.807, 2.05) is 11.8 Å². The van der Waals surface area contributed by atoms with Crippen molar-refractivity contribution in [2.75, 3.05) is 10.3 Å². The van der Waals surface area contributed by atoms with E-state index >= 15 is 0 Å². The zero-order valence-electron chi connectivity index (χ0n) is 18.3. The topological polar surface area (TPSA) is 12.5 Å². The summed E-state index contributed by atoms with van der Waals surface area (Å²) < 4.78 is 9.11. The third-order valence-electron chi connectivity index (χ3n) is 6.17. The average Bonchev–Trinajstić information content (AvgIpc) is 2.65. The highest BCUT2D eigenvalue weighted by molar-refractivity contribution is 7.99. The van der Waals surface area contributed by atoms with E-state index in [4.69, 9.17) is 4.74 Å². The van der Waals surface area contributed by atoms with Crippen molar-refractivity contribution in [2.45, 2.75) is 76.4 Å². The van der Waals surface area contributed by atoms with Crippen molar-refractivity contribution in [3.8, 4) is 11.5 Å². The van der Waals surface area contributed by atoms with Crippen LogP contribution in [0.4, 0.5) is 11.4 Å². The minimum absolute atomic E-state index is 0.234. The summed E-state index contributed by atoms with van der Waals surface area (Å²) in [4.78, 5) is 1.27. The number of para-hydroxylation sites is 3. The van der Waals surface area contributed by atoms with E-state index in [9.17, 15) is 0 Å². The Bertz CT molecular complexity index is 812. The zero-order valence-corrected chi connectivity index (χ0v) is 20.2. The van der Waals surface area contributed by atoms with E-state index in [-0.39, 0.29) is 5.04 Å². The Balaban J connectivity index is 1.99. The van der Waals surface area contributed by atoms with Crippen molar-refractivity contribution in [3.63, 3.8) is 0 Å². The summed E-state index contributed by atoms with van der Waals surface area (Å²) in [6, 6.07) is 15.2. The standard InChI is InChI=1S/C24H35NOSSi/c1-7-8-9-12-18-27-22-17-13-15-20-23(22)26-21-16-11-10-14-19(21)25(20)28(5,6)24(2,3)4/h10-11,13-17H,7-9,12,18H2,1-6H3. The van der Waals surface area contributed by atoms with E-state index in [2.05, 4.69) is 87.8 Å². The maximum Gasteiger partial charge on any atom is 0.163 e. The molecule has 1 aliphatic heterocycles. The van der Waals surface area contributed by atoms with Crippen LogP contribution in [0.5, 0.6) is 11.5 Å². The van der Waals surface area contributed by atoms with Crippen molar-refractivity contribution in [3.05, 3.63) is 42.5 Å². The normalized spacial score (nSPS) is 13.7. The fraction of sp³-hybridized carbons (Fsp3) is 0.500. The van der Waals surface area contributed by atoms with Crippen LogP contribution >= 0.6 is 11.8 Å². The molecule has 0 unspecified atom stereocenters. The minimum atomic E-state index is -1.83. The average molecular weight is 414 g/mol. The number of anilines is 2. The lowest BCUT2D eigenvalue weighted by Crippen LogP contribution is -2.53. The maximum absolute atomic E-state index is 6.48. The van der Waals surface area contributed by atoms with Gasteiger partial charge in [0.05, 0.1) is 16.3 Å². The number of benzene rings is 2. The SMILES string of the molecule is CCCCCCSc1cccc2c1Oc1ccccc1N2[Si](C)(C)C(C)(C)C. The summed E-state index contributed by atoms with van der Waals surface area (Å²) in [6.07, 6.45) is 5.20. The van der Waals surface area contributed by atoms with Gasteiger partial charge in [-0.25, -0.2) is 0 Å². The molecule has 4 heteroatoms. The van der Waals surface area contributed by atoms with Crippen LogP contribution in [-0.2, 0) is 0 Å². The second kappa shape index (κ2) is 8.54. The van der Waals surface area contributed by atoms with Gasteiger partial charge in [0.1, 0.15) is 5.75 Å². The number of fused-ring (bicyclic) bond motifs is 2. The Morgan fingerprint density at radius 3 is 2.36 bits per heavy atom. The van der Waals surface area contributed by atoms with Crippen LogP contribution in [0.1, 0.15) is 53.4 Å². The number of thioether (sulfide) groups is 1. The molecule has 0 saturated heterocycles. The van der Waals surface area contributed by atoms with Crippen molar-refractivity contribution >= 4 is 31.4 Å². The van der Waals surface area contributed by atoms with Gasteiger partial charge in [-0.05, 0) is 41.5 Å². The van der Waals surface area contributed by atoms with Gasteiger partial charge in [-0.1, -0.05) is 78.3 Å². The molecule has 0 N–H and O–H groups in total. The molecular formula is C24H35NOSSi. The number of ether oxygens (including phenoxy) is 1. The van der Waals surface area contributed by atoms with E-state index in [0.29, 0.717) is 0 Å². The van der Waals surface area contributed by atoms with Crippen LogP contribution < -0.4 is 9.30 Å². The Morgan fingerprint density at radius 2 is 1.64 bits per heavy atom. The third kappa shape index (κ3) is 4.13. The highest BCUT2D eigenvalue weighted by Gasteiger charge is 2.45. The molecule has 3 rings (SSSR count). The van der Waals surface area contributed by atoms with E-state index in [0.717, 1.165) is 17.3 Å². The summed E-state index contributed by atoms with van der Waals surface area (Å²) in [5.74, 6) is 3.19. The van der Waals surface area contributed by atoms with Gasteiger partial charge in [-0.3, -0.25) is 0 Å². The highest BCUT2D eigenvalue weighted by atomic mass is 32.2. The molecule has 0 aliphatic carbocycles. The second-order valence-electron chi connectivity index (χ2n) is 9.23. The van der Waals surface area contributed by atoms with Gasteiger partial charge in [0.2, 0.25) is 0 Å². The Hall–Kier alpha value is -1.39. The van der Waals surface area contributed by atoms with Crippen molar-refractivity contribution < 1.29 is 4.74 Å². The molecule has 0 amide bonds. The van der Waals surface area contributed by atoms with Gasteiger partial charge in [-0.2, -0.15) is 0 Å². The van der Waals surface area contributed by atoms with Gasteiger partial charge < -0.3 is 9.30 Å². The van der Waals surface area contributed by atoms with Crippen molar-refractivity contribution in [2.24, 2.45) is 0 Å². The molecule has 0 aromatic heterocycles. The number of hydrogen-bond acceptors (Lipinski definition) is 3. The van der Waals surface area contributed by atoms with Crippen LogP contribution in [0, 0.1) is 0 Å². The molecule has 0 spiro atoms. The molecule has 1 heterocycles. The van der Waals surface area contributed by atoms with Gasteiger partial charge in [0, 0.05) is 0 Å². The molecule has 0 radical (unpaired) electrons. The van der Waals surface area contributed by atoms with E-state index < -0.39 is 8.24 Å². The molecule has 0 fully saturated rings. The summed E-state index contributed by atoms with van der Waals surface area (Å²) >= 11 is 1.94. The van der Waals surface area contributed by atoms with E-state index in [1.165, 1.54) is 42.0 Å². The van der Waals surface area contributed by atoms with Gasteiger partial charge in [0.25, 0.3) is 0 Å². The smallest absolute Gasteiger partial charge is 0.163 e. The van der Waals surface area contributed by atoms with Crippen molar-refractivity contribution in [1.29, 1.82) is 0 Å². The summed E-state index contributed by atoms with van der Waals surface area (Å²) in [5.41, 5.74) is 2.45. The first kappa shape index (κ1) is 21.3. The maximum atomic E-state index is 6.48. The Morgan fingerprint density at radius 1 is 0.929 bits per heavy atom. The summed E-state index contributed by atoms with van der Waals surface area (Å²) in [5, 5.41) is 0.234.